The van der Waals surface area contributed by atoms with Gasteiger partial charge in [-0.1, -0.05) is 179 Å². The van der Waals surface area contributed by atoms with Gasteiger partial charge in [-0.3, -0.25) is 0 Å². The van der Waals surface area contributed by atoms with Gasteiger partial charge in [0.15, 0.2) is 0 Å². The monoisotopic (exact) mass is 944 g/mol. The van der Waals surface area contributed by atoms with Crippen molar-refractivity contribution in [2.75, 3.05) is 0 Å². The Morgan fingerprint density at radius 2 is 0.667 bits per heavy atom. The van der Waals surface area contributed by atoms with Gasteiger partial charge in [-0.15, -0.1) is 0 Å². The fourth-order valence-electron chi connectivity index (χ4n) is 7.74. The Morgan fingerprint density at radius 1 is 0.368 bits per heavy atom. The molecule has 0 aliphatic heterocycles. The zero-order valence-corrected chi connectivity index (χ0v) is 41.8. The summed E-state index contributed by atoms with van der Waals surface area (Å²) in [5, 5.41) is 3.04. The molecule has 9 heteroatoms. The minimum absolute atomic E-state index is 0. The summed E-state index contributed by atoms with van der Waals surface area (Å²) in [4.78, 5) is -0.182. The van der Waals surface area contributed by atoms with Gasteiger partial charge in [0.05, 0.1) is 9.79 Å². The van der Waals surface area contributed by atoms with Crippen molar-refractivity contribution >= 4 is 90.7 Å². The van der Waals surface area contributed by atoms with Crippen molar-refractivity contribution in [3.63, 3.8) is 0 Å². The van der Waals surface area contributed by atoms with E-state index in [2.05, 4.69) is 39.8 Å². The third-order valence-electron chi connectivity index (χ3n) is 11.0. The predicted octanol–water partition coefficient (Wildman–Crippen LogP) is 13.2. The molecule has 0 aliphatic carbocycles. The smallest absolute Gasteiger partial charge is 0.744 e. The van der Waals surface area contributed by atoms with Gasteiger partial charge in [0.25, 0.3) is 0 Å². The van der Waals surface area contributed by atoms with E-state index in [9.17, 15) is 25.9 Å². The Balaban J connectivity index is 0.000000387. The predicted molar refractivity (Wildman–Crippen MR) is 239 cm³/mol. The van der Waals surface area contributed by atoms with Crippen molar-refractivity contribution in [2.45, 2.75) is 192 Å². The zero-order chi connectivity index (χ0) is 40.8. The van der Waals surface area contributed by atoms with Gasteiger partial charge in [0, 0.05) is 0 Å². The third-order valence-corrected chi connectivity index (χ3v) is 12.8. The van der Waals surface area contributed by atoms with Gasteiger partial charge in [0.2, 0.25) is 0 Å². The molecule has 4 aromatic carbocycles. The molecule has 0 saturated heterocycles. The molecule has 0 atom stereocenters. The molecule has 6 nitrogen and oxygen atoms in total. The van der Waals surface area contributed by atoms with Gasteiger partial charge >= 0.3 is 48.9 Å². The first-order valence-corrected chi connectivity index (χ1v) is 24.8. The topological polar surface area (TPSA) is 114 Å². The average Bonchev–Trinajstić information content (AvgIpc) is 3.17. The van der Waals surface area contributed by atoms with Gasteiger partial charge < -0.3 is 9.11 Å². The molecule has 0 aromatic heterocycles. The van der Waals surface area contributed by atoms with Crippen LogP contribution in [0.15, 0.2) is 70.5 Å². The molecule has 0 saturated carbocycles. The summed E-state index contributed by atoms with van der Waals surface area (Å²) in [5.41, 5.74) is 4.78. The minimum atomic E-state index is -4.47. The first kappa shape index (κ1) is 51.9. The largest absolute Gasteiger partial charge is 2.00 e. The molecule has 4 aromatic rings. The van der Waals surface area contributed by atoms with Crippen LogP contribution >= 0.6 is 0 Å². The molecular formula is C48H70BaO6S2. The minimum Gasteiger partial charge on any atom is -0.744 e. The number of fused-ring (bicyclic) bond motifs is 2. The zero-order valence-electron chi connectivity index (χ0n) is 35.7. The fraction of sp³-hybridized carbons (Fsp3) is 0.583. The summed E-state index contributed by atoms with van der Waals surface area (Å²) < 4.78 is 70.2. The number of unbranched alkanes of at least 4 members (excludes halogenated alkanes) is 16. The number of aryl methyl sites for hydroxylation is 4. The molecule has 0 spiro atoms. The van der Waals surface area contributed by atoms with Gasteiger partial charge in [-0.2, -0.15) is 0 Å². The van der Waals surface area contributed by atoms with Crippen LogP contribution in [0.3, 0.4) is 0 Å². The van der Waals surface area contributed by atoms with Crippen LogP contribution in [0.4, 0.5) is 0 Å². The molecule has 0 amide bonds. The second-order valence-corrected chi connectivity index (χ2v) is 18.5. The maximum atomic E-state index is 11.7. The second-order valence-electron chi connectivity index (χ2n) is 15.8. The van der Waals surface area contributed by atoms with E-state index in [1.807, 2.05) is 36.4 Å². The Labute approximate surface area is 387 Å². The standard InChI is InChI=1S/2C24H36O3S.Ba/c2*1-3-5-7-9-11-13-20-15-17-22-23(19-20)21(14-12-10-8-6-4-2)16-18-24(22)28(25,26)27;/h2*15-19H,3-14H2,1-2H3,(H,25,26,27);/q;;+2/p-2. The Hall–Kier alpha value is -1.21. The Bertz CT molecular complexity index is 1830. The van der Waals surface area contributed by atoms with E-state index in [-0.39, 0.29) is 58.7 Å². The van der Waals surface area contributed by atoms with Crippen molar-refractivity contribution in [1.29, 1.82) is 0 Å². The van der Waals surface area contributed by atoms with Crippen LogP contribution < -0.4 is 0 Å². The van der Waals surface area contributed by atoms with Crippen molar-refractivity contribution in [3.05, 3.63) is 82.9 Å². The molecular weight excluding hydrogens is 874 g/mol. The summed E-state index contributed by atoms with van der Waals surface area (Å²) in [6.07, 6.45) is 28.2. The number of hydrogen-bond acceptors (Lipinski definition) is 6. The van der Waals surface area contributed by atoms with E-state index >= 15 is 0 Å². The summed E-state index contributed by atoms with van der Waals surface area (Å²) in [5.74, 6) is 0. The van der Waals surface area contributed by atoms with E-state index in [0.717, 1.165) is 73.3 Å². The van der Waals surface area contributed by atoms with Crippen LogP contribution in [0.25, 0.3) is 21.5 Å². The molecule has 0 radical (unpaired) electrons. The van der Waals surface area contributed by atoms with Crippen LogP contribution in [0.1, 0.15) is 178 Å². The summed E-state index contributed by atoms with van der Waals surface area (Å²) in [6.45, 7) is 8.85. The van der Waals surface area contributed by atoms with E-state index < -0.39 is 20.2 Å². The maximum absolute atomic E-state index is 11.7. The van der Waals surface area contributed by atoms with Gasteiger partial charge in [-0.25, -0.2) is 16.8 Å². The van der Waals surface area contributed by atoms with Crippen LogP contribution in [0.2, 0.25) is 0 Å². The van der Waals surface area contributed by atoms with Crippen LogP contribution in [0.5, 0.6) is 0 Å². The maximum Gasteiger partial charge on any atom is 2.00 e. The molecule has 0 bridgehead atoms. The van der Waals surface area contributed by atoms with Crippen molar-refractivity contribution < 1.29 is 25.9 Å². The number of benzene rings is 4. The van der Waals surface area contributed by atoms with Crippen LogP contribution in [0, 0.1) is 0 Å². The summed E-state index contributed by atoms with van der Waals surface area (Å²) >= 11 is 0. The van der Waals surface area contributed by atoms with E-state index in [1.165, 1.54) is 126 Å². The molecule has 4 rings (SSSR count). The van der Waals surface area contributed by atoms with Crippen molar-refractivity contribution in [2.24, 2.45) is 0 Å². The first-order valence-electron chi connectivity index (χ1n) is 21.9. The first-order chi connectivity index (χ1) is 26.9. The number of hydrogen-bond donors (Lipinski definition) is 0. The van der Waals surface area contributed by atoms with Crippen LogP contribution in [-0.4, -0.2) is 74.8 Å². The van der Waals surface area contributed by atoms with E-state index in [1.54, 1.807) is 0 Å². The van der Waals surface area contributed by atoms with Crippen molar-refractivity contribution in [1.82, 2.24) is 0 Å². The van der Waals surface area contributed by atoms with E-state index in [0.29, 0.717) is 10.8 Å². The normalized spacial score (nSPS) is 11.8. The van der Waals surface area contributed by atoms with E-state index in [4.69, 9.17) is 0 Å². The Kier molecular flexibility index (Phi) is 25.8. The Morgan fingerprint density at radius 3 is 0.965 bits per heavy atom. The molecule has 0 N–H and O–H groups in total. The quantitative estimate of drug-likeness (QED) is 0.0352. The molecule has 0 unspecified atom stereocenters. The summed E-state index contributed by atoms with van der Waals surface area (Å²) in [7, 11) is -8.94. The molecule has 0 aliphatic rings. The molecule has 57 heavy (non-hydrogen) atoms. The molecule has 0 fully saturated rings. The van der Waals surface area contributed by atoms with Gasteiger partial charge in [0.1, 0.15) is 20.2 Å². The average molecular weight is 945 g/mol. The summed E-state index contributed by atoms with van der Waals surface area (Å²) in [6, 6.07) is 18.6. The SMILES string of the molecule is CCCCCCCc1ccc2c(S(=O)(=O)[O-])ccc(CCCCCCC)c2c1.CCCCCCCc1ccc2c(S(=O)(=O)[O-])ccc(CCCCCCC)c2c1.[Ba+2]. The molecule has 0 heterocycles. The fourth-order valence-corrected chi connectivity index (χ4v) is 9.11. The van der Waals surface area contributed by atoms with Gasteiger partial charge in [-0.05, 0) is 107 Å². The van der Waals surface area contributed by atoms with Crippen molar-refractivity contribution in [3.8, 4) is 0 Å². The third kappa shape index (κ3) is 18.5. The second kappa shape index (κ2) is 28.3. The molecule has 312 valence electrons. The number of rotatable bonds is 26. The van der Waals surface area contributed by atoms with Crippen LogP contribution in [-0.2, 0) is 45.9 Å².